The lowest BCUT2D eigenvalue weighted by Crippen LogP contribution is -2.18. The topological polar surface area (TPSA) is 351 Å². The molecule has 21 nitrogen and oxygen atoms in total. The second-order valence-electron chi connectivity index (χ2n) is 18.0. The van der Waals surface area contributed by atoms with Gasteiger partial charge < -0.3 is 25.1 Å². The number of rotatable bonds is 15. The predicted octanol–water partition coefficient (Wildman–Crippen LogP) is 10.5. The van der Waals surface area contributed by atoms with Crippen molar-refractivity contribution in [1.82, 2.24) is 0 Å². The van der Waals surface area contributed by atoms with Crippen molar-refractivity contribution >= 4 is 121 Å². The van der Waals surface area contributed by atoms with Crippen molar-refractivity contribution in [3.8, 4) is 22.5 Å². The number of halogens is 2. The van der Waals surface area contributed by atoms with Crippen LogP contribution in [0.2, 0.25) is 10.0 Å². The number of carbonyl (C=O) groups is 3. The van der Waals surface area contributed by atoms with Crippen molar-refractivity contribution in [3.05, 3.63) is 163 Å². The minimum absolute atomic E-state index is 0.00596. The fraction of sp³-hybridized carbons (Fsp3) is 0.115. The Bertz CT molecular complexity index is 4530. The number of hydrogen-bond acceptors (Lipinski definition) is 14. The van der Waals surface area contributed by atoms with E-state index in [1.807, 2.05) is 0 Å². The van der Waals surface area contributed by atoms with Gasteiger partial charge in [0.2, 0.25) is 0 Å². The maximum Gasteiger partial charge on any atom is 0.337 e. The van der Waals surface area contributed by atoms with Crippen LogP contribution in [0.15, 0.2) is 126 Å². The Morgan fingerprint density at radius 2 is 1.11 bits per heavy atom. The van der Waals surface area contributed by atoms with Gasteiger partial charge in [0.05, 0.1) is 49.2 Å². The molecule has 2 aliphatic rings. The standard InChI is InChI=1S/C52H42Cl2N4O17S4/c1-23-15-25(3)48(57-76(65,66)41-18-29(50(59)60)11-14-36(41)53)27(5)46(23)55-31-12-13-32-38(20-31)75-39-22-37(42(79(72,73)74)21-34(39)44(32)33-9-7-8-10-40(33)78(69,70)71)56-47-24(2)16-26(4)49(28(47)6)58-77(67,68)43-19-30(51(61)62)17-35(45(43)54)52(63)64/h7-22,55,57-58H,1-6H3,(H,59,60)(H,61,62)(H,63,64)(H,69,70,71)(H,72,73,74). The fourth-order valence-electron chi connectivity index (χ4n) is 9.06. The van der Waals surface area contributed by atoms with Gasteiger partial charge in [-0.25, -0.2) is 36.2 Å². The highest BCUT2D eigenvalue weighted by atomic mass is 35.5. The highest BCUT2D eigenvalue weighted by molar-refractivity contribution is 7.93. The van der Waals surface area contributed by atoms with Crippen molar-refractivity contribution in [3.63, 3.8) is 0 Å². The first-order valence-electron chi connectivity index (χ1n) is 22.7. The van der Waals surface area contributed by atoms with Crippen molar-refractivity contribution in [1.29, 1.82) is 0 Å². The first-order valence-corrected chi connectivity index (χ1v) is 29.3. The Morgan fingerprint density at radius 1 is 0.544 bits per heavy atom. The van der Waals surface area contributed by atoms with Crippen LogP contribution in [0.25, 0.3) is 33.4 Å². The van der Waals surface area contributed by atoms with Gasteiger partial charge >= 0.3 is 17.9 Å². The molecule has 1 aliphatic carbocycles. The summed E-state index contributed by atoms with van der Waals surface area (Å²) in [5.41, 5.74) is 0.688. The molecule has 0 radical (unpaired) electrons. The molecule has 0 bridgehead atoms. The van der Waals surface area contributed by atoms with Crippen LogP contribution in [-0.2, 0) is 40.3 Å². The fourth-order valence-corrected chi connectivity index (χ4v) is 13.9. The molecule has 1 heterocycles. The Kier molecular flexibility index (Phi) is 15.0. The van der Waals surface area contributed by atoms with E-state index < -0.39 is 99.3 Å². The van der Waals surface area contributed by atoms with Gasteiger partial charge in [0.15, 0.2) is 0 Å². The molecule has 0 saturated heterocycles. The molecule has 0 atom stereocenters. The smallest absolute Gasteiger partial charge is 0.337 e. The zero-order valence-electron chi connectivity index (χ0n) is 41.7. The van der Waals surface area contributed by atoms with Gasteiger partial charge in [-0.05, 0) is 130 Å². The van der Waals surface area contributed by atoms with Gasteiger partial charge in [-0.3, -0.25) is 18.5 Å². The summed E-state index contributed by atoms with van der Waals surface area (Å²) >= 11 is 12.5. The number of fused-ring (bicyclic) bond motifs is 2. The molecule has 0 amide bonds. The lowest BCUT2D eigenvalue weighted by molar-refractivity contribution is 0.0681. The van der Waals surface area contributed by atoms with E-state index in [9.17, 15) is 72.5 Å². The number of nitrogens with zero attached hydrogens (tertiary/aromatic N) is 1. The summed E-state index contributed by atoms with van der Waals surface area (Å²) in [6, 6.07) is 19.6. The van der Waals surface area contributed by atoms with Crippen LogP contribution < -0.4 is 20.1 Å². The summed E-state index contributed by atoms with van der Waals surface area (Å²) < 4.78 is 141. The molecule has 1 aliphatic heterocycles. The number of carboxylic acid groups (broad SMARTS) is 3. The Labute approximate surface area is 460 Å². The molecule has 0 saturated carbocycles. The molecule has 8 rings (SSSR count). The quantitative estimate of drug-likeness (QED) is 0.0349. The highest BCUT2D eigenvalue weighted by Gasteiger charge is 2.30. The number of hydrogen-bond donors (Lipinski definition) is 8. The van der Waals surface area contributed by atoms with Crippen LogP contribution in [0.3, 0.4) is 0 Å². The lowest BCUT2D eigenvalue weighted by Gasteiger charge is -2.21. The summed E-state index contributed by atoms with van der Waals surface area (Å²) in [5.74, 6) is -4.92. The van der Waals surface area contributed by atoms with Crippen LogP contribution in [0, 0.1) is 41.5 Å². The zero-order chi connectivity index (χ0) is 58.2. The number of nitrogens with one attached hydrogen (secondary N) is 3. The first-order chi connectivity index (χ1) is 36.7. The summed E-state index contributed by atoms with van der Waals surface area (Å²) in [6.07, 6.45) is 0. The molecule has 0 aromatic heterocycles. The number of carboxylic acids is 3. The van der Waals surface area contributed by atoms with E-state index in [1.165, 1.54) is 50.2 Å². The monoisotopic (exact) mass is 1190 g/mol. The summed E-state index contributed by atoms with van der Waals surface area (Å²) in [6.45, 7) is 9.49. The second-order valence-corrected chi connectivity index (χ2v) is 24.9. The molecule has 0 fully saturated rings. The average Bonchev–Trinajstić information content (AvgIpc) is 3.54. The number of sulfonamides is 2. The largest absolute Gasteiger partial charge is 0.478 e. The molecule has 0 unspecified atom stereocenters. The molecule has 0 spiro atoms. The molecule has 6 aromatic carbocycles. The minimum Gasteiger partial charge on any atom is -0.478 e. The van der Waals surface area contributed by atoms with Crippen LogP contribution in [0.1, 0.15) is 64.5 Å². The minimum atomic E-state index is -5.27. The van der Waals surface area contributed by atoms with E-state index in [4.69, 9.17) is 27.6 Å². The maximum absolute atomic E-state index is 14.0. The molecule has 6 aromatic rings. The lowest BCUT2D eigenvalue weighted by atomic mass is 9.93. The Balaban J connectivity index is 1.33. The zero-order valence-corrected chi connectivity index (χ0v) is 46.5. The molecule has 79 heavy (non-hydrogen) atoms. The van der Waals surface area contributed by atoms with Crippen LogP contribution in [-0.4, -0.2) is 76.0 Å². The maximum atomic E-state index is 14.0. The number of anilines is 4. The van der Waals surface area contributed by atoms with Crippen molar-refractivity contribution in [2.45, 2.75) is 61.1 Å². The van der Waals surface area contributed by atoms with Crippen LogP contribution >= 0.6 is 23.2 Å². The third kappa shape index (κ3) is 11.1. The normalized spacial score (nSPS) is 12.5. The van der Waals surface area contributed by atoms with Gasteiger partial charge in [-0.15, -0.1) is 0 Å². The third-order valence-electron chi connectivity index (χ3n) is 12.7. The molecular weight excluding hydrogens is 1150 g/mol. The van der Waals surface area contributed by atoms with E-state index in [0.29, 0.717) is 45.8 Å². The van der Waals surface area contributed by atoms with Crippen molar-refractivity contribution < 1.29 is 76.9 Å². The molecule has 27 heteroatoms. The SMILES string of the molecule is Cc1cc(C)c(NS(=O)(=O)c2cc(C(=O)O)cc(C(=O)O)c2Cl)c(C)c1N=c1cc2oc3cc(Nc4c(C)cc(C)c(NS(=O)(=O)c5cc(C(=O)O)ccc5Cl)c4C)ccc3c(-c3ccccc3S(=O)(=O)O)c-2cc1S(=O)(=O)O. The van der Waals surface area contributed by atoms with Gasteiger partial charge in [0.25, 0.3) is 40.3 Å². The van der Waals surface area contributed by atoms with Crippen LogP contribution in [0.5, 0.6) is 0 Å². The van der Waals surface area contributed by atoms with Crippen molar-refractivity contribution in [2.75, 3.05) is 14.8 Å². The summed E-state index contributed by atoms with van der Waals surface area (Å²) in [4.78, 5) is 37.4. The van der Waals surface area contributed by atoms with Crippen molar-refractivity contribution in [2.24, 2.45) is 4.99 Å². The Morgan fingerprint density at radius 3 is 1.72 bits per heavy atom. The van der Waals surface area contributed by atoms with E-state index in [1.54, 1.807) is 39.8 Å². The second kappa shape index (κ2) is 20.7. The van der Waals surface area contributed by atoms with Gasteiger partial charge in [-0.2, -0.15) is 16.8 Å². The van der Waals surface area contributed by atoms with Gasteiger partial charge in [0, 0.05) is 45.6 Å². The summed E-state index contributed by atoms with van der Waals surface area (Å²) in [7, 11) is -19.7. The number of benzene rings is 7. The third-order valence-corrected chi connectivity index (χ3v) is 18.2. The van der Waals surface area contributed by atoms with E-state index in [-0.39, 0.29) is 72.2 Å². The predicted molar refractivity (Wildman–Crippen MR) is 293 cm³/mol. The average molecular weight is 1190 g/mol. The van der Waals surface area contributed by atoms with E-state index >= 15 is 0 Å². The molecule has 410 valence electrons. The van der Waals surface area contributed by atoms with Gasteiger partial charge in [0.1, 0.15) is 30.9 Å². The summed E-state index contributed by atoms with van der Waals surface area (Å²) in [5, 5.41) is 30.8. The van der Waals surface area contributed by atoms with Crippen LogP contribution in [0.4, 0.5) is 28.4 Å². The highest BCUT2D eigenvalue weighted by Crippen LogP contribution is 2.45. The number of aromatic carboxylic acids is 3. The Hall–Kier alpha value is -7.88. The number of aryl methyl sites for hydroxylation is 4. The molecule has 8 N–H and O–H groups in total. The van der Waals surface area contributed by atoms with E-state index in [2.05, 4.69) is 19.8 Å². The van der Waals surface area contributed by atoms with E-state index in [0.717, 1.165) is 36.4 Å². The van der Waals surface area contributed by atoms with Gasteiger partial charge in [-0.1, -0.05) is 53.5 Å². The first kappa shape index (κ1) is 57.3. The molecular formula is C52H42Cl2N4O17S4.